The second-order valence-electron chi connectivity index (χ2n) is 9.18. The highest BCUT2D eigenvalue weighted by Crippen LogP contribution is 2.29. The van der Waals surface area contributed by atoms with Gasteiger partial charge in [0.1, 0.15) is 5.82 Å². The molecule has 1 fully saturated rings. The van der Waals surface area contributed by atoms with Gasteiger partial charge in [0.2, 0.25) is 0 Å². The van der Waals surface area contributed by atoms with Crippen LogP contribution in [0.4, 0.5) is 10.1 Å². The maximum absolute atomic E-state index is 13.6. The van der Waals surface area contributed by atoms with Crippen molar-refractivity contribution in [1.29, 1.82) is 0 Å². The van der Waals surface area contributed by atoms with E-state index in [1.54, 1.807) is 30.2 Å². The molecule has 6 nitrogen and oxygen atoms in total. The van der Waals surface area contributed by atoms with E-state index in [1.165, 1.54) is 24.3 Å². The number of benzene rings is 3. The smallest absolute Gasteiger partial charge is 0.254 e. The maximum Gasteiger partial charge on any atom is 0.254 e. The molecule has 0 N–H and O–H groups in total. The molecule has 4 rings (SSSR count). The first-order chi connectivity index (χ1) is 17.1. The van der Waals surface area contributed by atoms with Crippen LogP contribution in [-0.2, 0) is 14.6 Å². The molecule has 0 spiro atoms. The SMILES string of the molecule is COC(C)c1ccc(N2CCN(C(=O)c3cc(S(C)(=O)=O)ccc3-c3ccc(F)cc3)CC2)cc1C. The van der Waals surface area contributed by atoms with Crippen LogP contribution in [0.25, 0.3) is 11.1 Å². The molecule has 190 valence electrons. The Morgan fingerprint density at radius 3 is 2.22 bits per heavy atom. The number of piperazine rings is 1. The number of methoxy groups -OCH3 is 1. The lowest BCUT2D eigenvalue weighted by atomic mass is 9.98. The third-order valence-corrected chi connectivity index (χ3v) is 7.89. The standard InChI is InChI=1S/C28H31FN2O4S/c1-19-17-23(9-11-25(19)20(2)35-3)30-13-15-31(16-14-30)28(32)27-18-24(36(4,33)34)10-12-26(27)21-5-7-22(29)8-6-21/h5-12,17-18,20H,13-16H2,1-4H3. The fourth-order valence-electron chi connectivity index (χ4n) is 4.59. The van der Waals surface area contributed by atoms with Gasteiger partial charge in [0, 0.05) is 50.8 Å². The van der Waals surface area contributed by atoms with Gasteiger partial charge in [-0.2, -0.15) is 0 Å². The molecule has 0 aliphatic carbocycles. The largest absolute Gasteiger partial charge is 0.377 e. The van der Waals surface area contributed by atoms with E-state index < -0.39 is 9.84 Å². The summed E-state index contributed by atoms with van der Waals surface area (Å²) in [5.74, 6) is -0.615. The van der Waals surface area contributed by atoms with Gasteiger partial charge in [-0.25, -0.2) is 12.8 Å². The Labute approximate surface area is 212 Å². The number of hydrogen-bond donors (Lipinski definition) is 0. The Hall–Kier alpha value is -3.23. The third kappa shape index (κ3) is 5.44. The zero-order valence-electron chi connectivity index (χ0n) is 21.0. The summed E-state index contributed by atoms with van der Waals surface area (Å²) < 4.78 is 43.3. The zero-order chi connectivity index (χ0) is 26.0. The van der Waals surface area contributed by atoms with Crippen molar-refractivity contribution < 1.29 is 22.3 Å². The van der Waals surface area contributed by atoms with Crippen LogP contribution < -0.4 is 4.90 Å². The van der Waals surface area contributed by atoms with Crippen molar-refractivity contribution >= 4 is 21.4 Å². The minimum Gasteiger partial charge on any atom is -0.377 e. The number of hydrogen-bond acceptors (Lipinski definition) is 5. The van der Waals surface area contributed by atoms with E-state index in [4.69, 9.17) is 4.74 Å². The Bertz CT molecular complexity index is 1360. The van der Waals surface area contributed by atoms with Gasteiger partial charge in [-0.3, -0.25) is 4.79 Å². The van der Waals surface area contributed by atoms with Gasteiger partial charge in [-0.15, -0.1) is 0 Å². The molecule has 1 saturated heterocycles. The van der Waals surface area contributed by atoms with Crippen LogP contribution in [0, 0.1) is 12.7 Å². The van der Waals surface area contributed by atoms with Crippen LogP contribution in [0.5, 0.6) is 0 Å². The number of halogens is 1. The third-order valence-electron chi connectivity index (χ3n) is 6.78. The first-order valence-electron chi connectivity index (χ1n) is 11.9. The van der Waals surface area contributed by atoms with Gasteiger partial charge >= 0.3 is 0 Å². The summed E-state index contributed by atoms with van der Waals surface area (Å²) in [5, 5.41) is 0. The highest BCUT2D eigenvalue weighted by atomic mass is 32.2. The normalized spacial score (nSPS) is 15.1. The highest BCUT2D eigenvalue weighted by molar-refractivity contribution is 7.90. The molecular formula is C28H31FN2O4S. The van der Waals surface area contributed by atoms with Crippen molar-refractivity contribution in [2.24, 2.45) is 0 Å². The molecule has 0 aromatic heterocycles. The van der Waals surface area contributed by atoms with Crippen LogP contribution >= 0.6 is 0 Å². The molecule has 36 heavy (non-hydrogen) atoms. The van der Waals surface area contributed by atoms with Gasteiger partial charge in [0.05, 0.1) is 11.0 Å². The van der Waals surface area contributed by atoms with Gasteiger partial charge in [-0.05, 0) is 72.5 Å². The second-order valence-corrected chi connectivity index (χ2v) is 11.2. The molecule has 8 heteroatoms. The van der Waals surface area contributed by atoms with E-state index in [0.29, 0.717) is 42.9 Å². The maximum atomic E-state index is 13.6. The Morgan fingerprint density at radius 2 is 1.64 bits per heavy atom. The lowest BCUT2D eigenvalue weighted by Crippen LogP contribution is -2.49. The number of rotatable bonds is 6. The number of carbonyl (C=O) groups excluding carboxylic acids is 1. The molecule has 3 aromatic carbocycles. The van der Waals surface area contributed by atoms with Crippen molar-refractivity contribution in [3.8, 4) is 11.1 Å². The van der Waals surface area contributed by atoms with Crippen LogP contribution in [0.3, 0.4) is 0 Å². The average Bonchev–Trinajstić information content (AvgIpc) is 2.87. The van der Waals surface area contributed by atoms with Crippen molar-refractivity contribution in [3.63, 3.8) is 0 Å². The van der Waals surface area contributed by atoms with E-state index in [-0.39, 0.29) is 22.7 Å². The molecule has 1 unspecified atom stereocenters. The van der Waals surface area contributed by atoms with Gasteiger partial charge in [0.25, 0.3) is 5.91 Å². The quantitative estimate of drug-likeness (QED) is 0.473. The molecule has 1 heterocycles. The van der Waals surface area contributed by atoms with Crippen molar-refractivity contribution in [3.05, 3.63) is 83.2 Å². The number of amides is 1. The fourth-order valence-corrected chi connectivity index (χ4v) is 5.24. The van der Waals surface area contributed by atoms with Gasteiger partial charge < -0.3 is 14.5 Å². The summed E-state index contributed by atoms with van der Waals surface area (Å²) in [5.41, 5.74) is 4.92. The molecule has 3 aromatic rings. The number of anilines is 1. The Morgan fingerprint density at radius 1 is 0.972 bits per heavy atom. The van der Waals surface area contributed by atoms with Crippen molar-refractivity contribution in [2.75, 3.05) is 44.4 Å². The van der Waals surface area contributed by atoms with E-state index in [9.17, 15) is 17.6 Å². The molecule has 1 aliphatic rings. The van der Waals surface area contributed by atoms with Crippen LogP contribution in [0.15, 0.2) is 65.6 Å². The van der Waals surface area contributed by atoms with E-state index in [0.717, 1.165) is 23.1 Å². The summed E-state index contributed by atoms with van der Waals surface area (Å²) in [7, 11) is -1.81. The predicted octanol–water partition coefficient (Wildman–Crippen LogP) is 4.87. The van der Waals surface area contributed by atoms with Gasteiger partial charge in [0.15, 0.2) is 9.84 Å². The summed E-state index contributed by atoms with van der Waals surface area (Å²) in [6.45, 7) is 6.40. The van der Waals surface area contributed by atoms with Crippen LogP contribution in [0.2, 0.25) is 0 Å². The van der Waals surface area contributed by atoms with Crippen LogP contribution in [-0.4, -0.2) is 58.8 Å². The lowest BCUT2D eigenvalue weighted by molar-refractivity contribution is 0.0747. The zero-order valence-corrected chi connectivity index (χ0v) is 21.8. The van der Waals surface area contributed by atoms with Crippen molar-refractivity contribution in [2.45, 2.75) is 24.8 Å². The van der Waals surface area contributed by atoms with E-state index >= 15 is 0 Å². The topological polar surface area (TPSA) is 66.9 Å². The number of sulfone groups is 1. The van der Waals surface area contributed by atoms with E-state index in [2.05, 4.69) is 30.0 Å². The molecule has 1 aliphatic heterocycles. The minimum atomic E-state index is -3.50. The molecule has 0 bridgehead atoms. The summed E-state index contributed by atoms with van der Waals surface area (Å²) in [4.78, 5) is 17.7. The molecular weight excluding hydrogens is 479 g/mol. The number of aryl methyl sites for hydroxylation is 1. The molecule has 1 amide bonds. The summed E-state index contributed by atoms with van der Waals surface area (Å²) in [6.07, 6.45) is 1.14. The fraction of sp³-hybridized carbons (Fsp3) is 0.321. The molecule has 1 atom stereocenters. The summed E-state index contributed by atoms with van der Waals surface area (Å²) >= 11 is 0. The van der Waals surface area contributed by atoms with Crippen LogP contribution in [0.1, 0.15) is 34.5 Å². The Kier molecular flexibility index (Phi) is 7.47. The first kappa shape index (κ1) is 25.9. The van der Waals surface area contributed by atoms with E-state index in [1.807, 2.05) is 6.92 Å². The number of nitrogens with zero attached hydrogens (tertiary/aromatic N) is 2. The lowest BCUT2D eigenvalue weighted by Gasteiger charge is -2.36. The first-order valence-corrected chi connectivity index (χ1v) is 13.7. The number of carbonyl (C=O) groups is 1. The Balaban J connectivity index is 1.57. The highest BCUT2D eigenvalue weighted by Gasteiger charge is 2.26. The monoisotopic (exact) mass is 510 g/mol. The number of ether oxygens (including phenoxy) is 1. The summed E-state index contributed by atoms with van der Waals surface area (Å²) in [6, 6.07) is 16.7. The predicted molar refractivity (Wildman–Crippen MR) is 140 cm³/mol. The molecule has 0 saturated carbocycles. The minimum absolute atomic E-state index is 0.0199. The van der Waals surface area contributed by atoms with Gasteiger partial charge in [-0.1, -0.05) is 24.3 Å². The average molecular weight is 511 g/mol. The van der Waals surface area contributed by atoms with Crippen molar-refractivity contribution in [1.82, 2.24) is 4.90 Å². The second kappa shape index (κ2) is 10.4. The molecule has 0 radical (unpaired) electrons.